The molecule has 0 unspecified atom stereocenters. The SMILES string of the molecule is COc1ccc2c(C)c(CC(=O)NCCc3ccccc3F)c(=O)oc2c1. The third-order valence-corrected chi connectivity index (χ3v) is 4.51. The molecule has 5 nitrogen and oxygen atoms in total. The van der Waals surface area contributed by atoms with Crippen molar-refractivity contribution in [2.75, 3.05) is 13.7 Å². The zero-order chi connectivity index (χ0) is 19.4. The molecular formula is C21H20FNO4. The smallest absolute Gasteiger partial charge is 0.340 e. The van der Waals surface area contributed by atoms with Crippen LogP contribution in [0, 0.1) is 12.7 Å². The van der Waals surface area contributed by atoms with Crippen LogP contribution < -0.4 is 15.7 Å². The van der Waals surface area contributed by atoms with E-state index in [4.69, 9.17) is 9.15 Å². The molecule has 0 radical (unpaired) electrons. The van der Waals surface area contributed by atoms with E-state index in [-0.39, 0.29) is 24.7 Å². The number of hydrogen-bond acceptors (Lipinski definition) is 4. The molecule has 0 fully saturated rings. The van der Waals surface area contributed by atoms with Crippen LogP contribution in [-0.4, -0.2) is 19.6 Å². The highest BCUT2D eigenvalue weighted by molar-refractivity contribution is 5.85. The lowest BCUT2D eigenvalue weighted by atomic mass is 10.0. The fraction of sp³-hybridized carbons (Fsp3) is 0.238. The van der Waals surface area contributed by atoms with Gasteiger partial charge in [-0.15, -0.1) is 0 Å². The second kappa shape index (κ2) is 8.03. The van der Waals surface area contributed by atoms with E-state index in [9.17, 15) is 14.0 Å². The molecule has 0 atom stereocenters. The predicted molar refractivity (Wildman–Crippen MR) is 101 cm³/mol. The van der Waals surface area contributed by atoms with E-state index >= 15 is 0 Å². The van der Waals surface area contributed by atoms with Gasteiger partial charge in [-0.2, -0.15) is 0 Å². The van der Waals surface area contributed by atoms with Crippen molar-refractivity contribution in [2.45, 2.75) is 19.8 Å². The van der Waals surface area contributed by atoms with Crippen molar-refractivity contribution < 1.29 is 18.3 Å². The minimum atomic E-state index is -0.544. The normalized spacial score (nSPS) is 10.8. The average molecular weight is 369 g/mol. The first-order valence-electron chi connectivity index (χ1n) is 8.60. The Hall–Kier alpha value is -3.15. The van der Waals surface area contributed by atoms with Gasteiger partial charge in [0.05, 0.1) is 19.1 Å². The highest BCUT2D eigenvalue weighted by atomic mass is 19.1. The predicted octanol–water partition coefficient (Wildman–Crippen LogP) is 3.15. The van der Waals surface area contributed by atoms with E-state index in [0.29, 0.717) is 34.4 Å². The quantitative estimate of drug-likeness (QED) is 0.678. The lowest BCUT2D eigenvalue weighted by Gasteiger charge is -2.10. The second-order valence-corrected chi connectivity index (χ2v) is 6.22. The summed E-state index contributed by atoms with van der Waals surface area (Å²) in [6, 6.07) is 11.6. The summed E-state index contributed by atoms with van der Waals surface area (Å²) in [7, 11) is 1.53. The monoisotopic (exact) mass is 369 g/mol. The summed E-state index contributed by atoms with van der Waals surface area (Å²) >= 11 is 0. The van der Waals surface area contributed by atoms with Crippen molar-refractivity contribution in [3.8, 4) is 5.75 Å². The Labute approximate surface area is 155 Å². The second-order valence-electron chi connectivity index (χ2n) is 6.22. The van der Waals surface area contributed by atoms with Crippen LogP contribution in [0.15, 0.2) is 51.7 Å². The van der Waals surface area contributed by atoms with Crippen LogP contribution in [0.4, 0.5) is 4.39 Å². The lowest BCUT2D eigenvalue weighted by molar-refractivity contribution is -0.120. The highest BCUT2D eigenvalue weighted by Gasteiger charge is 2.15. The number of carbonyl (C=O) groups excluding carboxylic acids is 1. The Balaban J connectivity index is 1.71. The number of rotatable bonds is 6. The summed E-state index contributed by atoms with van der Waals surface area (Å²) in [6.07, 6.45) is 0.289. The van der Waals surface area contributed by atoms with Gasteiger partial charge in [-0.25, -0.2) is 9.18 Å². The van der Waals surface area contributed by atoms with E-state index in [1.807, 2.05) is 0 Å². The van der Waals surface area contributed by atoms with Gasteiger partial charge < -0.3 is 14.5 Å². The molecule has 6 heteroatoms. The zero-order valence-electron chi connectivity index (χ0n) is 15.2. The van der Waals surface area contributed by atoms with E-state index in [1.54, 1.807) is 43.3 Å². The van der Waals surface area contributed by atoms with Crippen LogP contribution in [-0.2, 0) is 17.6 Å². The van der Waals surface area contributed by atoms with Gasteiger partial charge in [0.1, 0.15) is 17.1 Å². The molecule has 2 aromatic carbocycles. The molecule has 27 heavy (non-hydrogen) atoms. The van der Waals surface area contributed by atoms with Gasteiger partial charge in [-0.05, 0) is 42.7 Å². The standard InChI is InChI=1S/C21H20FNO4/c1-13-16-8-7-15(26-2)11-19(16)27-21(25)17(13)12-20(24)23-10-9-14-5-3-4-6-18(14)22/h3-8,11H,9-10,12H2,1-2H3,(H,23,24). The van der Waals surface area contributed by atoms with Crippen molar-refractivity contribution >= 4 is 16.9 Å². The number of benzene rings is 2. The largest absolute Gasteiger partial charge is 0.497 e. The van der Waals surface area contributed by atoms with Gasteiger partial charge in [0, 0.05) is 18.0 Å². The fourth-order valence-electron chi connectivity index (χ4n) is 2.97. The van der Waals surface area contributed by atoms with E-state index in [0.717, 1.165) is 5.39 Å². The Morgan fingerprint density at radius 2 is 2.00 bits per heavy atom. The molecule has 0 bridgehead atoms. The summed E-state index contributed by atoms with van der Waals surface area (Å²) in [4.78, 5) is 24.5. The lowest BCUT2D eigenvalue weighted by Crippen LogP contribution is -2.29. The molecule has 0 spiro atoms. The van der Waals surface area contributed by atoms with Crippen molar-refractivity contribution in [3.05, 3.63) is 75.4 Å². The van der Waals surface area contributed by atoms with Crippen LogP contribution in [0.1, 0.15) is 16.7 Å². The molecule has 0 saturated carbocycles. The Bertz CT molecular complexity index is 1040. The average Bonchev–Trinajstić information content (AvgIpc) is 2.66. The number of amides is 1. The van der Waals surface area contributed by atoms with Crippen LogP contribution in [0.5, 0.6) is 5.75 Å². The van der Waals surface area contributed by atoms with Crippen molar-refractivity contribution in [1.29, 1.82) is 0 Å². The van der Waals surface area contributed by atoms with Crippen LogP contribution in [0.3, 0.4) is 0 Å². The summed E-state index contributed by atoms with van der Waals surface area (Å²) in [6.45, 7) is 2.07. The maximum atomic E-state index is 13.6. The number of fused-ring (bicyclic) bond motifs is 1. The van der Waals surface area contributed by atoms with Gasteiger partial charge in [-0.1, -0.05) is 18.2 Å². The molecule has 0 aliphatic rings. The number of methoxy groups -OCH3 is 1. The molecule has 0 aliphatic heterocycles. The first-order chi connectivity index (χ1) is 13.0. The topological polar surface area (TPSA) is 68.5 Å². The Kier molecular flexibility index (Phi) is 5.54. The number of hydrogen-bond donors (Lipinski definition) is 1. The van der Waals surface area contributed by atoms with E-state index in [1.165, 1.54) is 13.2 Å². The Morgan fingerprint density at radius 1 is 1.22 bits per heavy atom. The summed E-state index contributed by atoms with van der Waals surface area (Å²) in [5.41, 5.74) is 1.43. The molecule has 1 N–H and O–H groups in total. The minimum absolute atomic E-state index is 0.0899. The van der Waals surface area contributed by atoms with Gasteiger partial charge in [0.25, 0.3) is 0 Å². The maximum Gasteiger partial charge on any atom is 0.340 e. The summed E-state index contributed by atoms with van der Waals surface area (Å²) < 4.78 is 24.1. The summed E-state index contributed by atoms with van der Waals surface area (Å²) in [5, 5.41) is 3.48. The molecule has 140 valence electrons. The third kappa shape index (κ3) is 4.16. The van der Waals surface area contributed by atoms with Crippen molar-refractivity contribution in [3.63, 3.8) is 0 Å². The molecule has 3 aromatic rings. The van der Waals surface area contributed by atoms with Crippen LogP contribution in [0.25, 0.3) is 11.0 Å². The van der Waals surface area contributed by atoms with Gasteiger partial charge in [0.2, 0.25) is 5.91 Å². The molecule has 0 aliphatic carbocycles. The first-order valence-corrected chi connectivity index (χ1v) is 8.60. The molecule has 1 aromatic heterocycles. The van der Waals surface area contributed by atoms with Crippen molar-refractivity contribution in [1.82, 2.24) is 5.32 Å². The number of aryl methyl sites for hydroxylation is 1. The van der Waals surface area contributed by atoms with Crippen LogP contribution in [0.2, 0.25) is 0 Å². The first kappa shape index (κ1) is 18.6. The molecular weight excluding hydrogens is 349 g/mol. The summed E-state index contributed by atoms with van der Waals surface area (Å²) in [5.74, 6) is -0.0218. The third-order valence-electron chi connectivity index (χ3n) is 4.51. The van der Waals surface area contributed by atoms with Gasteiger partial charge in [0.15, 0.2) is 0 Å². The fourth-order valence-corrected chi connectivity index (χ4v) is 2.97. The number of ether oxygens (including phenoxy) is 1. The number of nitrogens with one attached hydrogen (secondary N) is 1. The van der Waals surface area contributed by atoms with E-state index in [2.05, 4.69) is 5.32 Å². The zero-order valence-corrected chi connectivity index (χ0v) is 15.2. The molecule has 1 amide bonds. The highest BCUT2D eigenvalue weighted by Crippen LogP contribution is 2.24. The maximum absolute atomic E-state index is 13.6. The van der Waals surface area contributed by atoms with E-state index < -0.39 is 5.63 Å². The molecule has 3 rings (SSSR count). The number of carbonyl (C=O) groups is 1. The Morgan fingerprint density at radius 3 is 2.74 bits per heavy atom. The van der Waals surface area contributed by atoms with Gasteiger partial charge >= 0.3 is 5.63 Å². The van der Waals surface area contributed by atoms with Crippen LogP contribution >= 0.6 is 0 Å². The molecule has 0 saturated heterocycles. The number of halogens is 1. The minimum Gasteiger partial charge on any atom is -0.497 e. The van der Waals surface area contributed by atoms with Gasteiger partial charge in [-0.3, -0.25) is 4.79 Å². The molecule has 1 heterocycles. The van der Waals surface area contributed by atoms with Crippen molar-refractivity contribution in [2.24, 2.45) is 0 Å².